The molecular formula is C20H23ClN3O5+. The lowest BCUT2D eigenvalue weighted by atomic mass is 10.0. The van der Waals surface area contributed by atoms with Crippen molar-refractivity contribution in [2.45, 2.75) is 18.9 Å². The predicted molar refractivity (Wildman–Crippen MR) is 109 cm³/mol. The number of nitrogens with one attached hydrogen (secondary N) is 2. The third kappa shape index (κ3) is 4.78. The van der Waals surface area contributed by atoms with E-state index in [1.807, 2.05) is 18.2 Å². The summed E-state index contributed by atoms with van der Waals surface area (Å²) in [7, 11) is 3.25. The first-order valence-corrected chi connectivity index (χ1v) is 9.61. The molecule has 2 N–H and O–H groups in total. The number of rotatable bonds is 7. The van der Waals surface area contributed by atoms with Gasteiger partial charge in [0.25, 0.3) is 11.6 Å². The molecule has 2 aromatic rings. The number of halogens is 1. The summed E-state index contributed by atoms with van der Waals surface area (Å²) >= 11 is 6.08. The van der Waals surface area contributed by atoms with Gasteiger partial charge in [-0.25, -0.2) is 0 Å². The molecule has 2 aromatic carbocycles. The average molecular weight is 421 g/mol. The molecule has 0 radical (unpaired) electrons. The van der Waals surface area contributed by atoms with Crippen LogP contribution in [0.25, 0.3) is 0 Å². The van der Waals surface area contributed by atoms with Crippen LogP contribution in [0.5, 0.6) is 11.5 Å². The van der Waals surface area contributed by atoms with E-state index >= 15 is 0 Å². The topological polar surface area (TPSA) is 95.1 Å². The van der Waals surface area contributed by atoms with E-state index in [0.29, 0.717) is 5.69 Å². The first kappa shape index (κ1) is 20.9. The second-order valence-electron chi connectivity index (χ2n) is 6.86. The first-order valence-electron chi connectivity index (χ1n) is 9.23. The lowest BCUT2D eigenvalue weighted by Gasteiger charge is -2.23. The van der Waals surface area contributed by atoms with Crippen molar-refractivity contribution in [3.63, 3.8) is 0 Å². The summed E-state index contributed by atoms with van der Waals surface area (Å²) in [4.78, 5) is 24.0. The number of carbonyl (C=O) groups is 1. The third-order valence-corrected chi connectivity index (χ3v) is 5.43. The highest BCUT2D eigenvalue weighted by Crippen LogP contribution is 2.32. The number of methoxy groups -OCH3 is 2. The molecule has 1 aliphatic heterocycles. The van der Waals surface area contributed by atoms with E-state index in [9.17, 15) is 14.9 Å². The summed E-state index contributed by atoms with van der Waals surface area (Å²) < 4.78 is 10.9. The lowest BCUT2D eigenvalue weighted by Crippen LogP contribution is -3.11. The lowest BCUT2D eigenvalue weighted by molar-refractivity contribution is -0.910. The summed E-state index contributed by atoms with van der Waals surface area (Å²) in [5.41, 5.74) is 1.25. The van der Waals surface area contributed by atoms with Gasteiger partial charge in [0.1, 0.15) is 17.5 Å². The molecule has 1 fully saturated rings. The van der Waals surface area contributed by atoms with Gasteiger partial charge >= 0.3 is 0 Å². The number of nitro groups is 1. The van der Waals surface area contributed by atoms with Crippen molar-refractivity contribution in [3.05, 3.63) is 57.1 Å². The van der Waals surface area contributed by atoms with E-state index in [-0.39, 0.29) is 29.2 Å². The van der Waals surface area contributed by atoms with E-state index in [2.05, 4.69) is 5.32 Å². The Morgan fingerprint density at radius 3 is 2.72 bits per heavy atom. The Kier molecular flexibility index (Phi) is 6.56. The summed E-state index contributed by atoms with van der Waals surface area (Å²) in [6.45, 7) is 1.10. The molecule has 0 aliphatic carbocycles. The Bertz CT molecular complexity index is 921. The Morgan fingerprint density at radius 2 is 2.07 bits per heavy atom. The number of hydrogen-bond acceptors (Lipinski definition) is 5. The smallest absolute Gasteiger partial charge is 0.279 e. The van der Waals surface area contributed by atoms with E-state index in [0.717, 1.165) is 41.3 Å². The predicted octanol–water partition coefficient (Wildman–Crippen LogP) is 2.62. The van der Waals surface area contributed by atoms with Crippen LogP contribution < -0.4 is 19.7 Å². The first-order chi connectivity index (χ1) is 13.9. The van der Waals surface area contributed by atoms with Crippen molar-refractivity contribution < 1.29 is 24.1 Å². The maximum absolute atomic E-state index is 12.6. The number of nitro benzene ring substituents is 1. The Hall–Kier alpha value is -2.84. The Morgan fingerprint density at radius 1 is 1.28 bits per heavy atom. The number of carbonyl (C=O) groups excluding carboxylic acids is 1. The quantitative estimate of drug-likeness (QED) is 0.530. The SMILES string of the molecule is COc1ccc(OC)c([C@@H]2CCC[NH+]2CC(=O)Nc2ccc([N+](=O)[O-])cc2Cl)c1. The zero-order chi connectivity index (χ0) is 21.0. The summed E-state index contributed by atoms with van der Waals surface area (Å²) in [6.07, 6.45) is 1.93. The number of anilines is 1. The third-order valence-electron chi connectivity index (χ3n) is 5.12. The number of amides is 1. The van der Waals surface area contributed by atoms with Gasteiger partial charge in [-0.1, -0.05) is 11.6 Å². The van der Waals surface area contributed by atoms with Crippen molar-refractivity contribution in [1.29, 1.82) is 0 Å². The van der Waals surface area contributed by atoms with Crippen LogP contribution in [0, 0.1) is 10.1 Å². The van der Waals surface area contributed by atoms with Gasteiger partial charge in [-0.2, -0.15) is 0 Å². The summed E-state index contributed by atoms with van der Waals surface area (Å²) in [6, 6.07) is 9.78. The van der Waals surface area contributed by atoms with Crippen LogP contribution in [-0.4, -0.2) is 38.1 Å². The molecule has 3 rings (SSSR count). The van der Waals surface area contributed by atoms with E-state index in [1.54, 1.807) is 14.2 Å². The van der Waals surface area contributed by atoms with Gasteiger partial charge in [0.2, 0.25) is 0 Å². The number of hydrogen-bond donors (Lipinski definition) is 2. The average Bonchev–Trinajstić information content (AvgIpc) is 3.16. The Labute approximate surface area is 173 Å². The highest BCUT2D eigenvalue weighted by Gasteiger charge is 2.34. The van der Waals surface area contributed by atoms with Gasteiger partial charge < -0.3 is 19.7 Å². The molecule has 1 saturated heterocycles. The van der Waals surface area contributed by atoms with E-state index in [1.165, 1.54) is 18.2 Å². The minimum absolute atomic E-state index is 0.109. The van der Waals surface area contributed by atoms with Crippen molar-refractivity contribution >= 4 is 28.9 Å². The standard InChI is InChI=1S/C20H22ClN3O5/c1-28-14-6-8-19(29-2)15(11-14)18-4-3-9-23(18)12-20(25)22-17-7-5-13(24(26)27)10-16(17)21/h5-8,10-11,18H,3-4,9,12H2,1-2H3,(H,22,25)/p+1/t18-/m0/s1. The van der Waals surface area contributed by atoms with Crippen LogP contribution in [0.4, 0.5) is 11.4 Å². The molecule has 1 aliphatic rings. The molecule has 1 amide bonds. The fraction of sp³-hybridized carbons (Fsp3) is 0.350. The highest BCUT2D eigenvalue weighted by molar-refractivity contribution is 6.34. The molecule has 154 valence electrons. The summed E-state index contributed by atoms with van der Waals surface area (Å²) in [5, 5.41) is 13.7. The maximum Gasteiger partial charge on any atom is 0.279 e. The molecule has 8 nitrogen and oxygen atoms in total. The number of ether oxygens (including phenoxy) is 2. The number of nitrogens with zero attached hydrogens (tertiary/aromatic N) is 1. The zero-order valence-corrected chi connectivity index (χ0v) is 17.0. The van der Waals surface area contributed by atoms with Crippen LogP contribution in [0.15, 0.2) is 36.4 Å². The number of benzene rings is 2. The van der Waals surface area contributed by atoms with Gasteiger partial charge in [-0.05, 0) is 24.3 Å². The van der Waals surface area contributed by atoms with Gasteiger partial charge in [0.05, 0.1) is 42.0 Å². The molecule has 0 aromatic heterocycles. The van der Waals surface area contributed by atoms with Gasteiger partial charge in [0, 0.05) is 25.0 Å². The molecular weight excluding hydrogens is 398 g/mol. The molecule has 0 spiro atoms. The van der Waals surface area contributed by atoms with Crippen LogP contribution in [0.1, 0.15) is 24.4 Å². The van der Waals surface area contributed by atoms with Crippen molar-refractivity contribution in [3.8, 4) is 11.5 Å². The molecule has 0 bridgehead atoms. The van der Waals surface area contributed by atoms with Crippen LogP contribution >= 0.6 is 11.6 Å². The zero-order valence-electron chi connectivity index (χ0n) is 16.2. The normalized spacial score (nSPS) is 18.3. The van der Waals surface area contributed by atoms with Gasteiger partial charge in [-0.3, -0.25) is 14.9 Å². The summed E-state index contributed by atoms with van der Waals surface area (Å²) in [5.74, 6) is 1.31. The second-order valence-corrected chi connectivity index (χ2v) is 7.26. The second kappa shape index (κ2) is 9.11. The highest BCUT2D eigenvalue weighted by atomic mass is 35.5. The molecule has 29 heavy (non-hydrogen) atoms. The van der Waals surface area contributed by atoms with Crippen LogP contribution in [0.3, 0.4) is 0 Å². The molecule has 0 saturated carbocycles. The fourth-order valence-corrected chi connectivity index (χ4v) is 3.95. The number of non-ortho nitro benzene ring substituents is 1. The van der Waals surface area contributed by atoms with Crippen molar-refractivity contribution in [2.24, 2.45) is 0 Å². The number of likely N-dealkylation sites (tertiary alicyclic amines) is 1. The largest absolute Gasteiger partial charge is 0.497 e. The van der Waals surface area contributed by atoms with E-state index in [4.69, 9.17) is 21.1 Å². The minimum atomic E-state index is -0.530. The minimum Gasteiger partial charge on any atom is -0.497 e. The molecule has 9 heteroatoms. The van der Waals surface area contributed by atoms with Crippen molar-refractivity contribution in [2.75, 3.05) is 32.6 Å². The fourth-order valence-electron chi connectivity index (χ4n) is 3.73. The maximum atomic E-state index is 12.6. The van der Waals surface area contributed by atoms with Crippen LogP contribution in [0.2, 0.25) is 5.02 Å². The molecule has 1 unspecified atom stereocenters. The molecule has 1 heterocycles. The van der Waals surface area contributed by atoms with E-state index < -0.39 is 4.92 Å². The monoisotopic (exact) mass is 420 g/mol. The molecule has 2 atom stereocenters. The Balaban J connectivity index is 1.73. The van der Waals surface area contributed by atoms with Crippen LogP contribution in [-0.2, 0) is 4.79 Å². The number of quaternary nitrogens is 1. The van der Waals surface area contributed by atoms with Gasteiger partial charge in [-0.15, -0.1) is 0 Å². The van der Waals surface area contributed by atoms with Crippen molar-refractivity contribution in [1.82, 2.24) is 0 Å². The van der Waals surface area contributed by atoms with Gasteiger partial charge in [0.15, 0.2) is 6.54 Å².